The van der Waals surface area contributed by atoms with Crippen LogP contribution in [0.1, 0.15) is 30.0 Å². The number of nitrogens with zero attached hydrogens (tertiary/aromatic N) is 4. The molecule has 0 bridgehead atoms. The molecule has 0 radical (unpaired) electrons. The first kappa shape index (κ1) is 15.1. The second-order valence-corrected chi connectivity index (χ2v) is 7.16. The summed E-state index contributed by atoms with van der Waals surface area (Å²) in [6, 6.07) is 8.69. The van der Waals surface area contributed by atoms with E-state index in [4.69, 9.17) is 9.72 Å². The Hall–Kier alpha value is -2.18. The van der Waals surface area contributed by atoms with Crippen LogP contribution in [-0.4, -0.2) is 51.0 Å². The SMILES string of the molecule is Cn1nc(C2CC2)c2[nH]c(-c3cccc(CN4CCOCC4)c3)nc21. The van der Waals surface area contributed by atoms with E-state index in [2.05, 4.69) is 39.2 Å². The van der Waals surface area contributed by atoms with E-state index < -0.39 is 0 Å². The van der Waals surface area contributed by atoms with E-state index in [1.54, 1.807) is 0 Å². The van der Waals surface area contributed by atoms with Gasteiger partial charge >= 0.3 is 0 Å². The number of benzene rings is 1. The van der Waals surface area contributed by atoms with Crippen molar-refractivity contribution in [3.05, 3.63) is 35.5 Å². The zero-order chi connectivity index (χ0) is 16.8. The molecule has 1 N–H and O–H groups in total. The maximum atomic E-state index is 5.44. The Kier molecular flexibility index (Phi) is 3.60. The lowest BCUT2D eigenvalue weighted by Gasteiger charge is -2.26. The molecule has 3 aromatic rings. The molecule has 2 aromatic heterocycles. The average Bonchev–Trinajstić information content (AvgIpc) is 3.30. The van der Waals surface area contributed by atoms with Crippen LogP contribution in [-0.2, 0) is 18.3 Å². The van der Waals surface area contributed by atoms with E-state index in [9.17, 15) is 0 Å². The van der Waals surface area contributed by atoms with E-state index in [1.807, 2.05) is 11.7 Å². The monoisotopic (exact) mass is 337 g/mol. The Labute approximate surface area is 146 Å². The first-order chi connectivity index (χ1) is 12.3. The number of imidazole rings is 1. The van der Waals surface area contributed by atoms with Gasteiger partial charge in [0.05, 0.1) is 18.9 Å². The number of nitrogens with one attached hydrogen (secondary N) is 1. The Morgan fingerprint density at radius 1 is 1.24 bits per heavy atom. The van der Waals surface area contributed by atoms with Gasteiger partial charge in [-0.3, -0.25) is 4.90 Å². The quantitative estimate of drug-likeness (QED) is 0.795. The number of morpholine rings is 1. The van der Waals surface area contributed by atoms with Gasteiger partial charge in [-0.2, -0.15) is 5.10 Å². The third-order valence-electron chi connectivity index (χ3n) is 5.18. The highest BCUT2D eigenvalue weighted by Gasteiger charge is 2.30. The fourth-order valence-electron chi connectivity index (χ4n) is 3.65. The molecule has 1 aromatic carbocycles. The standard InChI is InChI=1S/C19H23N5O/c1-23-19-17(16(22-23)14-5-6-14)20-18(21-19)15-4-2-3-13(11-15)12-24-7-9-25-10-8-24/h2-4,11,14H,5-10,12H2,1H3,(H,20,21). The smallest absolute Gasteiger partial charge is 0.176 e. The molecule has 25 heavy (non-hydrogen) atoms. The van der Waals surface area contributed by atoms with Crippen LogP contribution >= 0.6 is 0 Å². The van der Waals surface area contributed by atoms with E-state index in [0.29, 0.717) is 5.92 Å². The molecule has 1 aliphatic heterocycles. The summed E-state index contributed by atoms with van der Waals surface area (Å²) in [5, 5.41) is 4.65. The Morgan fingerprint density at radius 2 is 2.08 bits per heavy atom. The highest BCUT2D eigenvalue weighted by molar-refractivity contribution is 5.79. The largest absolute Gasteiger partial charge is 0.379 e. The fourth-order valence-corrected chi connectivity index (χ4v) is 3.65. The van der Waals surface area contributed by atoms with Crippen LogP contribution < -0.4 is 0 Å². The van der Waals surface area contributed by atoms with Crippen molar-refractivity contribution in [3.63, 3.8) is 0 Å². The van der Waals surface area contributed by atoms with Crippen molar-refractivity contribution in [2.24, 2.45) is 7.05 Å². The van der Waals surface area contributed by atoms with Crippen molar-refractivity contribution in [1.82, 2.24) is 24.6 Å². The third-order valence-corrected chi connectivity index (χ3v) is 5.18. The molecule has 5 rings (SSSR count). The molecule has 2 aliphatic rings. The van der Waals surface area contributed by atoms with Crippen LogP contribution in [0.3, 0.4) is 0 Å². The topological polar surface area (TPSA) is 59.0 Å². The van der Waals surface area contributed by atoms with Crippen LogP contribution in [0.15, 0.2) is 24.3 Å². The van der Waals surface area contributed by atoms with Gasteiger partial charge in [-0.1, -0.05) is 18.2 Å². The summed E-state index contributed by atoms with van der Waals surface area (Å²) in [7, 11) is 1.98. The van der Waals surface area contributed by atoms with Crippen LogP contribution in [0.5, 0.6) is 0 Å². The van der Waals surface area contributed by atoms with E-state index in [1.165, 1.54) is 24.1 Å². The molecule has 0 atom stereocenters. The number of hydrogen-bond donors (Lipinski definition) is 1. The molecule has 6 heteroatoms. The van der Waals surface area contributed by atoms with E-state index in [-0.39, 0.29) is 0 Å². The molecule has 2 fully saturated rings. The normalized spacial score (nSPS) is 18.9. The summed E-state index contributed by atoms with van der Waals surface area (Å²) < 4.78 is 7.34. The summed E-state index contributed by atoms with van der Waals surface area (Å²) in [5.41, 5.74) is 5.71. The van der Waals surface area contributed by atoms with Gasteiger partial charge in [-0.15, -0.1) is 0 Å². The third kappa shape index (κ3) is 2.85. The van der Waals surface area contributed by atoms with Crippen molar-refractivity contribution in [3.8, 4) is 11.4 Å². The molecule has 130 valence electrons. The fraction of sp³-hybridized carbons (Fsp3) is 0.474. The molecule has 3 heterocycles. The lowest BCUT2D eigenvalue weighted by Crippen LogP contribution is -2.35. The minimum atomic E-state index is 0.615. The Bertz CT molecular complexity index is 902. The van der Waals surface area contributed by atoms with Gasteiger partial charge < -0.3 is 9.72 Å². The number of hydrogen-bond acceptors (Lipinski definition) is 4. The summed E-state index contributed by atoms with van der Waals surface area (Å²) in [6.07, 6.45) is 2.49. The lowest BCUT2D eigenvalue weighted by molar-refractivity contribution is 0.0342. The number of ether oxygens (including phenoxy) is 1. The van der Waals surface area contributed by atoms with Crippen LogP contribution in [0, 0.1) is 0 Å². The highest BCUT2D eigenvalue weighted by atomic mass is 16.5. The predicted octanol–water partition coefficient (Wildman–Crippen LogP) is 2.67. The number of aryl methyl sites for hydroxylation is 1. The number of aromatic amines is 1. The number of rotatable bonds is 4. The predicted molar refractivity (Wildman–Crippen MR) is 96.4 cm³/mol. The lowest BCUT2D eigenvalue weighted by atomic mass is 10.1. The Balaban J connectivity index is 1.45. The average molecular weight is 337 g/mol. The zero-order valence-corrected chi connectivity index (χ0v) is 14.5. The molecule has 0 amide bonds. The number of aromatic nitrogens is 4. The maximum absolute atomic E-state index is 5.44. The minimum absolute atomic E-state index is 0.615. The second-order valence-electron chi connectivity index (χ2n) is 7.16. The molecule has 6 nitrogen and oxygen atoms in total. The van der Waals surface area contributed by atoms with Crippen molar-refractivity contribution in [1.29, 1.82) is 0 Å². The van der Waals surface area contributed by atoms with Crippen molar-refractivity contribution in [2.45, 2.75) is 25.3 Å². The Morgan fingerprint density at radius 3 is 2.88 bits per heavy atom. The summed E-state index contributed by atoms with van der Waals surface area (Å²) in [6.45, 7) is 4.64. The van der Waals surface area contributed by atoms with Gasteiger partial charge in [0, 0.05) is 38.2 Å². The molecular formula is C19H23N5O. The van der Waals surface area contributed by atoms with Gasteiger partial charge in [0.15, 0.2) is 5.65 Å². The summed E-state index contributed by atoms with van der Waals surface area (Å²) in [5.74, 6) is 1.55. The van der Waals surface area contributed by atoms with Gasteiger partial charge in [-0.25, -0.2) is 9.67 Å². The first-order valence-electron chi connectivity index (χ1n) is 9.10. The summed E-state index contributed by atoms with van der Waals surface area (Å²) >= 11 is 0. The molecule has 0 spiro atoms. The maximum Gasteiger partial charge on any atom is 0.176 e. The molecular weight excluding hydrogens is 314 g/mol. The van der Waals surface area contributed by atoms with E-state index in [0.717, 1.165) is 55.4 Å². The molecule has 1 aliphatic carbocycles. The number of H-pyrrole nitrogens is 1. The van der Waals surface area contributed by atoms with Gasteiger partial charge in [0.1, 0.15) is 11.3 Å². The number of fused-ring (bicyclic) bond motifs is 1. The van der Waals surface area contributed by atoms with Crippen molar-refractivity contribution >= 4 is 11.2 Å². The zero-order valence-electron chi connectivity index (χ0n) is 14.5. The molecule has 0 unspecified atom stereocenters. The molecule has 1 saturated carbocycles. The minimum Gasteiger partial charge on any atom is -0.379 e. The van der Waals surface area contributed by atoms with Crippen LogP contribution in [0.25, 0.3) is 22.6 Å². The van der Waals surface area contributed by atoms with Gasteiger partial charge in [0.2, 0.25) is 0 Å². The van der Waals surface area contributed by atoms with Crippen molar-refractivity contribution in [2.75, 3.05) is 26.3 Å². The van der Waals surface area contributed by atoms with Gasteiger partial charge in [-0.05, 0) is 24.5 Å². The molecule has 1 saturated heterocycles. The van der Waals surface area contributed by atoms with Gasteiger partial charge in [0.25, 0.3) is 0 Å². The second kappa shape index (κ2) is 5.97. The van der Waals surface area contributed by atoms with Crippen LogP contribution in [0.4, 0.5) is 0 Å². The van der Waals surface area contributed by atoms with E-state index >= 15 is 0 Å². The van der Waals surface area contributed by atoms with Crippen molar-refractivity contribution < 1.29 is 4.74 Å². The summed E-state index contributed by atoms with van der Waals surface area (Å²) in [4.78, 5) is 10.8. The highest BCUT2D eigenvalue weighted by Crippen LogP contribution is 2.42. The first-order valence-corrected chi connectivity index (χ1v) is 9.10. The van der Waals surface area contributed by atoms with Crippen LogP contribution in [0.2, 0.25) is 0 Å².